The number of thiazole rings is 1. The van der Waals surface area contributed by atoms with Crippen molar-refractivity contribution in [2.24, 2.45) is 0 Å². The number of hydrogen-bond acceptors (Lipinski definition) is 3. The van der Waals surface area contributed by atoms with Crippen LogP contribution >= 0.6 is 22.9 Å². The van der Waals surface area contributed by atoms with Crippen molar-refractivity contribution in [1.29, 1.82) is 0 Å². The molecule has 1 aliphatic rings. The Morgan fingerprint density at radius 2 is 2.05 bits per heavy atom. The number of carbonyl (C=O) groups is 1. The van der Waals surface area contributed by atoms with Gasteiger partial charge in [-0.3, -0.25) is 14.2 Å². The molecule has 1 aromatic heterocycles. The van der Waals surface area contributed by atoms with Gasteiger partial charge in [0.05, 0.1) is 10.2 Å². The molecule has 4 nitrogen and oxygen atoms in total. The third-order valence-corrected chi connectivity index (χ3v) is 4.58. The van der Waals surface area contributed by atoms with E-state index in [2.05, 4.69) is 0 Å². The van der Waals surface area contributed by atoms with Gasteiger partial charge < -0.3 is 4.90 Å². The molecule has 0 bridgehead atoms. The molecule has 2 heterocycles. The fourth-order valence-electron chi connectivity index (χ4n) is 2.39. The topological polar surface area (TPSA) is 42.3 Å². The monoisotopic (exact) mass is 296 g/mol. The lowest BCUT2D eigenvalue weighted by molar-refractivity contribution is -0.130. The van der Waals surface area contributed by atoms with Gasteiger partial charge in [-0.25, -0.2) is 0 Å². The SMILES string of the molecule is O=C(Cn1c(=O)sc2ccc(Cl)cc21)N1CCCC1. The number of rotatable bonds is 2. The first kappa shape index (κ1) is 12.7. The number of likely N-dealkylation sites (tertiary alicyclic amines) is 1. The first-order valence-electron chi connectivity index (χ1n) is 6.22. The van der Waals surface area contributed by atoms with E-state index in [1.165, 1.54) is 4.57 Å². The van der Waals surface area contributed by atoms with Gasteiger partial charge in [-0.05, 0) is 31.0 Å². The molecule has 1 aliphatic heterocycles. The summed E-state index contributed by atoms with van der Waals surface area (Å²) < 4.78 is 2.38. The molecule has 0 N–H and O–H groups in total. The lowest BCUT2D eigenvalue weighted by Crippen LogP contribution is -2.33. The molecule has 1 amide bonds. The second kappa shape index (κ2) is 4.98. The lowest BCUT2D eigenvalue weighted by Gasteiger charge is -2.15. The highest BCUT2D eigenvalue weighted by Crippen LogP contribution is 2.21. The van der Waals surface area contributed by atoms with E-state index in [0.29, 0.717) is 5.02 Å². The van der Waals surface area contributed by atoms with Crippen molar-refractivity contribution in [2.45, 2.75) is 19.4 Å². The second-order valence-corrected chi connectivity index (χ2v) is 6.08. The molecule has 0 spiro atoms. The minimum Gasteiger partial charge on any atom is -0.341 e. The minimum absolute atomic E-state index is 0.0132. The Balaban J connectivity index is 1.95. The number of fused-ring (bicyclic) bond motifs is 1. The molecule has 3 rings (SSSR count). The molecule has 6 heteroatoms. The zero-order chi connectivity index (χ0) is 13.4. The molecule has 0 aliphatic carbocycles. The summed E-state index contributed by atoms with van der Waals surface area (Å²) in [5, 5.41) is 0.577. The first-order valence-corrected chi connectivity index (χ1v) is 7.41. The van der Waals surface area contributed by atoms with Crippen LogP contribution in [0.15, 0.2) is 23.0 Å². The molecule has 1 aromatic carbocycles. The number of nitrogens with zero attached hydrogens (tertiary/aromatic N) is 2. The highest BCUT2D eigenvalue weighted by Gasteiger charge is 2.20. The van der Waals surface area contributed by atoms with Gasteiger partial charge in [0.2, 0.25) is 5.91 Å². The fourth-order valence-corrected chi connectivity index (χ4v) is 3.42. The summed E-state index contributed by atoms with van der Waals surface area (Å²) in [6, 6.07) is 5.32. The Morgan fingerprint density at radius 1 is 1.32 bits per heavy atom. The summed E-state index contributed by atoms with van der Waals surface area (Å²) in [5.41, 5.74) is 0.745. The normalized spacial score (nSPS) is 15.3. The number of halogens is 1. The van der Waals surface area contributed by atoms with Crippen molar-refractivity contribution in [3.8, 4) is 0 Å². The lowest BCUT2D eigenvalue weighted by atomic mass is 10.3. The van der Waals surface area contributed by atoms with Gasteiger partial charge in [0.1, 0.15) is 6.54 Å². The summed E-state index contributed by atoms with van der Waals surface area (Å²) in [4.78, 5) is 25.8. The van der Waals surface area contributed by atoms with Gasteiger partial charge in [-0.1, -0.05) is 22.9 Å². The van der Waals surface area contributed by atoms with Gasteiger partial charge in [-0.2, -0.15) is 0 Å². The second-order valence-electron chi connectivity index (χ2n) is 4.65. The van der Waals surface area contributed by atoms with Crippen LogP contribution in [0.25, 0.3) is 10.2 Å². The van der Waals surface area contributed by atoms with Crippen LogP contribution in [0.1, 0.15) is 12.8 Å². The Labute approximate surface area is 119 Å². The van der Waals surface area contributed by atoms with E-state index in [4.69, 9.17) is 11.6 Å². The number of amides is 1. The van der Waals surface area contributed by atoms with Crippen molar-refractivity contribution >= 4 is 39.1 Å². The smallest absolute Gasteiger partial charge is 0.308 e. The van der Waals surface area contributed by atoms with E-state index in [1.807, 2.05) is 11.0 Å². The van der Waals surface area contributed by atoms with Crippen LogP contribution < -0.4 is 4.87 Å². The largest absolute Gasteiger partial charge is 0.341 e. The molecular formula is C13H13ClN2O2S. The van der Waals surface area contributed by atoms with E-state index in [0.717, 1.165) is 47.5 Å². The molecular weight excluding hydrogens is 284 g/mol. The molecule has 0 saturated carbocycles. The van der Waals surface area contributed by atoms with E-state index in [-0.39, 0.29) is 17.3 Å². The van der Waals surface area contributed by atoms with Crippen LogP contribution in [0, 0.1) is 0 Å². The van der Waals surface area contributed by atoms with Gasteiger partial charge in [-0.15, -0.1) is 0 Å². The Bertz CT molecular complexity index is 685. The van der Waals surface area contributed by atoms with Crippen LogP contribution in [-0.4, -0.2) is 28.5 Å². The number of carbonyl (C=O) groups excluding carboxylic acids is 1. The van der Waals surface area contributed by atoms with Crippen molar-refractivity contribution in [3.05, 3.63) is 32.9 Å². The van der Waals surface area contributed by atoms with Crippen LogP contribution in [0.2, 0.25) is 5.02 Å². The number of benzene rings is 1. The molecule has 1 fully saturated rings. The summed E-state index contributed by atoms with van der Waals surface area (Å²) in [7, 11) is 0. The van der Waals surface area contributed by atoms with Crippen LogP contribution in [0.3, 0.4) is 0 Å². The summed E-state index contributed by atoms with van der Waals surface area (Å²) >= 11 is 7.11. The summed E-state index contributed by atoms with van der Waals surface area (Å²) in [6.45, 7) is 1.71. The Hall–Kier alpha value is -1.33. The molecule has 19 heavy (non-hydrogen) atoms. The average Bonchev–Trinajstić information content (AvgIpc) is 2.99. The highest BCUT2D eigenvalue weighted by molar-refractivity contribution is 7.16. The number of aromatic nitrogens is 1. The molecule has 0 unspecified atom stereocenters. The van der Waals surface area contributed by atoms with E-state index >= 15 is 0 Å². The number of hydrogen-bond donors (Lipinski definition) is 0. The van der Waals surface area contributed by atoms with Crippen molar-refractivity contribution < 1.29 is 4.79 Å². The zero-order valence-electron chi connectivity index (χ0n) is 10.3. The van der Waals surface area contributed by atoms with Crippen molar-refractivity contribution in [3.63, 3.8) is 0 Å². The zero-order valence-corrected chi connectivity index (χ0v) is 11.8. The van der Waals surface area contributed by atoms with Gasteiger partial charge in [0.25, 0.3) is 0 Å². The third-order valence-electron chi connectivity index (χ3n) is 3.38. The standard InChI is InChI=1S/C13H13ClN2O2S/c14-9-3-4-11-10(7-9)16(13(18)19-11)8-12(17)15-5-1-2-6-15/h3-4,7H,1-2,5-6,8H2. The molecule has 0 atom stereocenters. The predicted octanol–water partition coefficient (Wildman–Crippen LogP) is 2.34. The maximum Gasteiger partial charge on any atom is 0.308 e. The first-order chi connectivity index (χ1) is 9.15. The van der Waals surface area contributed by atoms with Gasteiger partial charge in [0.15, 0.2) is 0 Å². The molecule has 0 radical (unpaired) electrons. The summed E-state index contributed by atoms with van der Waals surface area (Å²) in [6.07, 6.45) is 2.10. The van der Waals surface area contributed by atoms with Crippen LogP contribution in [-0.2, 0) is 11.3 Å². The quantitative estimate of drug-likeness (QED) is 0.853. The molecule has 1 saturated heterocycles. The van der Waals surface area contributed by atoms with E-state index in [1.54, 1.807) is 12.1 Å². The van der Waals surface area contributed by atoms with Crippen molar-refractivity contribution in [2.75, 3.05) is 13.1 Å². The fraction of sp³-hybridized carbons (Fsp3) is 0.385. The Kier molecular flexibility index (Phi) is 3.33. The Morgan fingerprint density at radius 3 is 2.79 bits per heavy atom. The molecule has 100 valence electrons. The molecule has 2 aromatic rings. The van der Waals surface area contributed by atoms with E-state index < -0.39 is 0 Å². The minimum atomic E-state index is -0.107. The van der Waals surface area contributed by atoms with E-state index in [9.17, 15) is 9.59 Å². The van der Waals surface area contributed by atoms with Gasteiger partial charge in [0, 0.05) is 18.1 Å². The average molecular weight is 297 g/mol. The third kappa shape index (κ3) is 2.40. The van der Waals surface area contributed by atoms with Gasteiger partial charge >= 0.3 is 4.87 Å². The van der Waals surface area contributed by atoms with Crippen molar-refractivity contribution in [1.82, 2.24) is 9.47 Å². The maximum atomic E-state index is 12.1. The highest BCUT2D eigenvalue weighted by atomic mass is 35.5. The maximum absolute atomic E-state index is 12.1. The summed E-state index contributed by atoms with van der Waals surface area (Å²) in [5.74, 6) is 0.0132. The van der Waals surface area contributed by atoms with Crippen LogP contribution in [0.4, 0.5) is 0 Å². The predicted molar refractivity (Wildman–Crippen MR) is 76.9 cm³/mol. The van der Waals surface area contributed by atoms with Crippen LogP contribution in [0.5, 0.6) is 0 Å².